The number of anilines is 1. The Labute approximate surface area is 164 Å². The minimum atomic E-state index is -0.0742. The van der Waals surface area contributed by atoms with Gasteiger partial charge in [-0.3, -0.25) is 9.59 Å². The van der Waals surface area contributed by atoms with Crippen LogP contribution in [-0.4, -0.2) is 36.0 Å². The number of fused-ring (bicyclic) bond motifs is 1. The molecule has 2 amide bonds. The Kier molecular flexibility index (Phi) is 5.02. The Bertz CT molecular complexity index is 1010. The summed E-state index contributed by atoms with van der Waals surface area (Å²) in [4.78, 5) is 26.3. The van der Waals surface area contributed by atoms with E-state index in [-0.39, 0.29) is 11.8 Å². The first-order chi connectivity index (χ1) is 13.7. The predicted molar refractivity (Wildman–Crippen MR) is 110 cm³/mol. The summed E-state index contributed by atoms with van der Waals surface area (Å²) in [6.45, 7) is 5.12. The highest BCUT2D eigenvalue weighted by Gasteiger charge is 2.17. The van der Waals surface area contributed by atoms with Gasteiger partial charge in [-0.25, -0.2) is 0 Å². The summed E-state index contributed by atoms with van der Waals surface area (Å²) < 4.78 is 2.04. The average Bonchev–Trinajstić information content (AvgIpc) is 3.11. The van der Waals surface area contributed by atoms with Crippen molar-refractivity contribution in [2.45, 2.75) is 20.0 Å². The van der Waals surface area contributed by atoms with Crippen LogP contribution in [0.4, 0.5) is 5.69 Å². The van der Waals surface area contributed by atoms with Crippen molar-refractivity contribution >= 4 is 28.4 Å². The smallest absolute Gasteiger partial charge is 0.268 e. The number of rotatable bonds is 5. The number of amides is 2. The molecule has 1 saturated heterocycles. The zero-order chi connectivity index (χ0) is 19.5. The van der Waals surface area contributed by atoms with Gasteiger partial charge in [0.1, 0.15) is 5.69 Å². The van der Waals surface area contributed by atoms with Crippen LogP contribution < -0.4 is 15.5 Å². The van der Waals surface area contributed by atoms with Crippen molar-refractivity contribution in [3.05, 3.63) is 65.9 Å². The highest BCUT2D eigenvalue weighted by Crippen LogP contribution is 2.20. The number of aromatic nitrogens is 1. The van der Waals surface area contributed by atoms with Crippen LogP contribution in [-0.2, 0) is 17.9 Å². The molecule has 0 spiro atoms. The quantitative estimate of drug-likeness (QED) is 0.719. The third kappa shape index (κ3) is 3.58. The topological polar surface area (TPSA) is 66.4 Å². The number of nitrogens with zero attached hydrogens (tertiary/aromatic N) is 2. The normalized spacial score (nSPS) is 14.2. The van der Waals surface area contributed by atoms with E-state index in [9.17, 15) is 9.59 Å². The van der Waals surface area contributed by atoms with Gasteiger partial charge in [-0.05, 0) is 36.8 Å². The Hall–Kier alpha value is -3.28. The molecule has 0 aliphatic carbocycles. The number of benzene rings is 2. The van der Waals surface area contributed by atoms with Gasteiger partial charge in [0.2, 0.25) is 5.91 Å². The molecule has 1 aliphatic heterocycles. The molecule has 1 fully saturated rings. The monoisotopic (exact) mass is 376 g/mol. The van der Waals surface area contributed by atoms with E-state index in [4.69, 9.17) is 0 Å². The summed E-state index contributed by atoms with van der Waals surface area (Å²) in [5.74, 6) is -0.0243. The molecule has 2 heterocycles. The number of hydrogen-bond acceptors (Lipinski definition) is 3. The molecule has 0 unspecified atom stereocenters. The van der Waals surface area contributed by atoms with E-state index < -0.39 is 0 Å². The molecular formula is C22H24N4O2. The Morgan fingerprint density at radius 2 is 1.93 bits per heavy atom. The lowest BCUT2D eigenvalue weighted by Crippen LogP contribution is -2.47. The highest BCUT2D eigenvalue weighted by molar-refractivity contribution is 5.98. The van der Waals surface area contributed by atoms with Crippen molar-refractivity contribution in [1.82, 2.24) is 15.2 Å². The first kappa shape index (κ1) is 18.1. The molecule has 1 aliphatic rings. The summed E-state index contributed by atoms with van der Waals surface area (Å²) in [7, 11) is 0. The van der Waals surface area contributed by atoms with Gasteiger partial charge in [0.15, 0.2) is 0 Å². The van der Waals surface area contributed by atoms with Crippen LogP contribution >= 0.6 is 0 Å². The maximum absolute atomic E-state index is 12.7. The van der Waals surface area contributed by atoms with E-state index in [2.05, 4.69) is 15.5 Å². The lowest BCUT2D eigenvalue weighted by molar-refractivity contribution is -0.120. The second-order valence-electron chi connectivity index (χ2n) is 6.95. The van der Waals surface area contributed by atoms with E-state index in [0.717, 1.165) is 35.2 Å². The van der Waals surface area contributed by atoms with Gasteiger partial charge in [-0.1, -0.05) is 30.3 Å². The van der Waals surface area contributed by atoms with Crippen molar-refractivity contribution in [1.29, 1.82) is 0 Å². The largest absolute Gasteiger partial charge is 0.360 e. The van der Waals surface area contributed by atoms with Crippen LogP contribution in [0.25, 0.3) is 10.9 Å². The first-order valence-electron chi connectivity index (χ1n) is 9.63. The lowest BCUT2D eigenvalue weighted by atomic mass is 10.1. The van der Waals surface area contributed by atoms with Gasteiger partial charge < -0.3 is 20.1 Å². The minimum Gasteiger partial charge on any atom is -0.360 e. The van der Waals surface area contributed by atoms with Crippen LogP contribution in [0.5, 0.6) is 0 Å². The molecule has 6 nitrogen and oxygen atoms in total. The van der Waals surface area contributed by atoms with Gasteiger partial charge in [0, 0.05) is 42.8 Å². The van der Waals surface area contributed by atoms with Gasteiger partial charge >= 0.3 is 0 Å². The minimum absolute atomic E-state index is 0.0499. The highest BCUT2D eigenvalue weighted by atomic mass is 16.2. The van der Waals surface area contributed by atoms with E-state index in [0.29, 0.717) is 25.3 Å². The third-order valence-electron chi connectivity index (χ3n) is 5.15. The molecule has 0 bridgehead atoms. The number of nitrogens with one attached hydrogen (secondary N) is 2. The number of carbonyl (C=O) groups is 2. The summed E-state index contributed by atoms with van der Waals surface area (Å²) in [5.41, 5.74) is 3.80. The Balaban J connectivity index is 1.43. The van der Waals surface area contributed by atoms with E-state index in [1.165, 1.54) is 0 Å². The summed E-state index contributed by atoms with van der Waals surface area (Å²) in [5, 5.41) is 6.92. The molecule has 144 valence electrons. The number of aryl methyl sites for hydroxylation is 1. The molecule has 2 N–H and O–H groups in total. The molecule has 2 aromatic carbocycles. The maximum atomic E-state index is 12.7. The Morgan fingerprint density at radius 1 is 1.14 bits per heavy atom. The molecule has 0 atom stereocenters. The molecule has 0 radical (unpaired) electrons. The fraction of sp³-hybridized carbons (Fsp3) is 0.273. The van der Waals surface area contributed by atoms with Crippen LogP contribution in [0.3, 0.4) is 0 Å². The predicted octanol–water partition coefficient (Wildman–Crippen LogP) is 2.53. The average molecular weight is 376 g/mol. The van der Waals surface area contributed by atoms with Crippen LogP contribution in [0.1, 0.15) is 23.0 Å². The van der Waals surface area contributed by atoms with Gasteiger partial charge in [-0.15, -0.1) is 0 Å². The lowest BCUT2D eigenvalue weighted by Gasteiger charge is -2.28. The van der Waals surface area contributed by atoms with Crippen molar-refractivity contribution in [3.8, 4) is 0 Å². The number of piperazine rings is 1. The van der Waals surface area contributed by atoms with Gasteiger partial charge in [0.25, 0.3) is 5.91 Å². The van der Waals surface area contributed by atoms with E-state index in [1.54, 1.807) is 0 Å². The SMILES string of the molecule is CCn1c(C(=O)NCc2ccc(N3CCNC(=O)C3)cc2)cc2ccccc21. The third-order valence-corrected chi connectivity index (χ3v) is 5.15. The van der Waals surface area contributed by atoms with Crippen molar-refractivity contribution in [2.75, 3.05) is 24.5 Å². The number of carbonyl (C=O) groups excluding carboxylic acids is 2. The van der Waals surface area contributed by atoms with E-state index >= 15 is 0 Å². The van der Waals surface area contributed by atoms with Crippen molar-refractivity contribution in [3.63, 3.8) is 0 Å². The molecule has 1 aromatic heterocycles. The fourth-order valence-electron chi connectivity index (χ4n) is 3.70. The van der Waals surface area contributed by atoms with Crippen LogP contribution in [0.2, 0.25) is 0 Å². The number of hydrogen-bond donors (Lipinski definition) is 2. The number of para-hydroxylation sites is 1. The van der Waals surface area contributed by atoms with Gasteiger partial charge in [0.05, 0.1) is 6.54 Å². The summed E-state index contributed by atoms with van der Waals surface area (Å²) in [6, 6.07) is 18.0. The molecule has 6 heteroatoms. The summed E-state index contributed by atoms with van der Waals surface area (Å²) in [6.07, 6.45) is 0. The van der Waals surface area contributed by atoms with Crippen LogP contribution in [0.15, 0.2) is 54.6 Å². The zero-order valence-corrected chi connectivity index (χ0v) is 15.9. The Morgan fingerprint density at radius 3 is 2.68 bits per heavy atom. The van der Waals surface area contributed by atoms with Crippen molar-refractivity contribution in [2.24, 2.45) is 0 Å². The van der Waals surface area contributed by atoms with Crippen LogP contribution in [0, 0.1) is 0 Å². The molecule has 3 aromatic rings. The van der Waals surface area contributed by atoms with Gasteiger partial charge in [-0.2, -0.15) is 0 Å². The summed E-state index contributed by atoms with van der Waals surface area (Å²) >= 11 is 0. The second kappa shape index (κ2) is 7.76. The second-order valence-corrected chi connectivity index (χ2v) is 6.95. The maximum Gasteiger partial charge on any atom is 0.268 e. The first-order valence-corrected chi connectivity index (χ1v) is 9.63. The molecular weight excluding hydrogens is 352 g/mol. The molecule has 28 heavy (non-hydrogen) atoms. The standard InChI is InChI=1S/C22H24N4O2/c1-2-26-19-6-4-3-5-17(19)13-20(26)22(28)24-14-16-7-9-18(10-8-16)25-12-11-23-21(27)15-25/h3-10,13H,2,11-12,14-15H2,1H3,(H,23,27)(H,24,28). The fourth-order valence-corrected chi connectivity index (χ4v) is 3.70. The molecule has 0 saturated carbocycles. The van der Waals surface area contributed by atoms with E-state index in [1.807, 2.05) is 66.1 Å². The van der Waals surface area contributed by atoms with Crippen molar-refractivity contribution < 1.29 is 9.59 Å². The zero-order valence-electron chi connectivity index (χ0n) is 15.9. The molecule has 4 rings (SSSR count).